The fourth-order valence-corrected chi connectivity index (χ4v) is 2.36. The molecular weight excluding hydrogens is 242 g/mol. The quantitative estimate of drug-likeness (QED) is 0.845. The zero-order valence-electron chi connectivity index (χ0n) is 10.7. The molecule has 1 aliphatic rings. The fourth-order valence-electron chi connectivity index (χ4n) is 2.36. The monoisotopic (exact) mass is 259 g/mol. The van der Waals surface area contributed by atoms with Gasteiger partial charge in [-0.3, -0.25) is 0 Å². The largest absolute Gasteiger partial charge is 0.399 e. The molecule has 1 aliphatic heterocycles. The summed E-state index contributed by atoms with van der Waals surface area (Å²) in [6, 6.07) is 7.59. The Labute approximate surface area is 111 Å². The van der Waals surface area contributed by atoms with E-state index in [0.29, 0.717) is 12.2 Å². The highest BCUT2D eigenvalue weighted by molar-refractivity contribution is 5.60. The average Bonchev–Trinajstić information content (AvgIpc) is 2.88. The van der Waals surface area contributed by atoms with Crippen LogP contribution in [0.2, 0.25) is 0 Å². The van der Waals surface area contributed by atoms with Gasteiger partial charge >= 0.3 is 0 Å². The Hall–Kier alpha value is -1.95. The van der Waals surface area contributed by atoms with Crippen molar-refractivity contribution in [1.82, 2.24) is 20.2 Å². The summed E-state index contributed by atoms with van der Waals surface area (Å²) in [4.78, 5) is 0. The van der Waals surface area contributed by atoms with E-state index in [9.17, 15) is 0 Å². The number of rotatable bonds is 3. The molecular formula is C13H17N5O. The summed E-state index contributed by atoms with van der Waals surface area (Å²) in [6.07, 6.45) is 3.63. The number of aromatic nitrogens is 4. The molecule has 1 aromatic heterocycles. The highest BCUT2D eigenvalue weighted by Gasteiger charge is 2.18. The van der Waals surface area contributed by atoms with Crippen LogP contribution in [-0.2, 0) is 11.3 Å². The van der Waals surface area contributed by atoms with Gasteiger partial charge in [0.1, 0.15) is 0 Å². The fraction of sp³-hybridized carbons (Fsp3) is 0.462. The highest BCUT2D eigenvalue weighted by atomic mass is 16.5. The minimum atomic E-state index is 0.206. The van der Waals surface area contributed by atoms with Gasteiger partial charge in [-0.2, -0.15) is 0 Å². The number of hydrogen-bond acceptors (Lipinski definition) is 5. The van der Waals surface area contributed by atoms with Crippen molar-refractivity contribution < 1.29 is 4.74 Å². The maximum atomic E-state index is 5.80. The Morgan fingerprint density at radius 2 is 2.32 bits per heavy atom. The van der Waals surface area contributed by atoms with Crippen LogP contribution in [0.4, 0.5) is 5.69 Å². The standard InChI is InChI=1S/C13H17N5O/c14-11-5-3-4-10(8-11)13-15-16-17-18(13)9-12-6-1-2-7-19-12/h3-5,8,12H,1-2,6-7,9,14H2. The van der Waals surface area contributed by atoms with E-state index in [2.05, 4.69) is 15.5 Å². The van der Waals surface area contributed by atoms with Gasteiger partial charge in [-0.25, -0.2) is 4.68 Å². The van der Waals surface area contributed by atoms with Crippen molar-refractivity contribution in [3.05, 3.63) is 24.3 Å². The van der Waals surface area contributed by atoms with Gasteiger partial charge in [0.05, 0.1) is 12.6 Å². The number of anilines is 1. The van der Waals surface area contributed by atoms with Crippen LogP contribution in [0.5, 0.6) is 0 Å². The summed E-state index contributed by atoms with van der Waals surface area (Å²) in [5.74, 6) is 0.737. The molecule has 0 amide bonds. The molecule has 19 heavy (non-hydrogen) atoms. The van der Waals surface area contributed by atoms with Crippen LogP contribution in [-0.4, -0.2) is 32.9 Å². The molecule has 1 saturated heterocycles. The Morgan fingerprint density at radius 3 is 3.11 bits per heavy atom. The molecule has 1 fully saturated rings. The van der Waals surface area contributed by atoms with E-state index < -0.39 is 0 Å². The van der Waals surface area contributed by atoms with E-state index in [-0.39, 0.29) is 6.10 Å². The minimum Gasteiger partial charge on any atom is -0.399 e. The molecule has 0 spiro atoms. The van der Waals surface area contributed by atoms with Crippen LogP contribution in [0.15, 0.2) is 24.3 Å². The Kier molecular flexibility index (Phi) is 3.41. The second kappa shape index (κ2) is 5.36. The van der Waals surface area contributed by atoms with Crippen LogP contribution >= 0.6 is 0 Å². The van der Waals surface area contributed by atoms with Crippen LogP contribution in [0.25, 0.3) is 11.4 Å². The molecule has 2 aromatic rings. The molecule has 0 saturated carbocycles. The summed E-state index contributed by atoms with van der Waals surface area (Å²) in [6.45, 7) is 1.53. The van der Waals surface area contributed by atoms with Crippen LogP contribution < -0.4 is 5.73 Å². The summed E-state index contributed by atoms with van der Waals surface area (Å²) in [5.41, 5.74) is 7.44. The molecule has 2 heterocycles. The third-order valence-electron chi connectivity index (χ3n) is 3.33. The first-order valence-electron chi connectivity index (χ1n) is 6.56. The second-order valence-electron chi connectivity index (χ2n) is 4.80. The van der Waals surface area contributed by atoms with Gasteiger partial charge in [0.25, 0.3) is 0 Å². The molecule has 3 rings (SSSR count). The van der Waals surface area contributed by atoms with Gasteiger partial charge in [0.2, 0.25) is 0 Å². The summed E-state index contributed by atoms with van der Waals surface area (Å²) in [5, 5.41) is 11.9. The molecule has 1 atom stereocenters. The first-order chi connectivity index (χ1) is 9.33. The summed E-state index contributed by atoms with van der Waals surface area (Å²) < 4.78 is 7.52. The predicted molar refractivity (Wildman–Crippen MR) is 71.3 cm³/mol. The minimum absolute atomic E-state index is 0.206. The van der Waals surface area contributed by atoms with Crippen molar-refractivity contribution in [2.75, 3.05) is 12.3 Å². The third-order valence-corrected chi connectivity index (χ3v) is 3.33. The molecule has 100 valence electrons. The van der Waals surface area contributed by atoms with E-state index >= 15 is 0 Å². The smallest absolute Gasteiger partial charge is 0.182 e. The number of benzene rings is 1. The zero-order chi connectivity index (χ0) is 13.1. The number of ether oxygens (including phenoxy) is 1. The average molecular weight is 259 g/mol. The number of nitrogens with zero attached hydrogens (tertiary/aromatic N) is 4. The third kappa shape index (κ3) is 2.73. The number of nitrogens with two attached hydrogens (primary N) is 1. The summed E-state index contributed by atoms with van der Waals surface area (Å²) in [7, 11) is 0. The SMILES string of the molecule is Nc1cccc(-c2nnnn2CC2CCCCO2)c1. The second-order valence-corrected chi connectivity index (χ2v) is 4.80. The van der Waals surface area contributed by atoms with Crippen LogP contribution in [0.1, 0.15) is 19.3 Å². The van der Waals surface area contributed by atoms with Crippen molar-refractivity contribution in [1.29, 1.82) is 0 Å². The van der Waals surface area contributed by atoms with E-state index in [1.807, 2.05) is 24.3 Å². The van der Waals surface area contributed by atoms with Crippen molar-refractivity contribution >= 4 is 5.69 Å². The van der Waals surface area contributed by atoms with Crippen molar-refractivity contribution in [2.24, 2.45) is 0 Å². The van der Waals surface area contributed by atoms with Gasteiger partial charge in [0, 0.05) is 17.9 Å². The normalized spacial score (nSPS) is 19.5. The van der Waals surface area contributed by atoms with E-state index in [0.717, 1.165) is 30.8 Å². The lowest BCUT2D eigenvalue weighted by atomic mass is 10.1. The number of hydrogen-bond donors (Lipinski definition) is 1. The zero-order valence-corrected chi connectivity index (χ0v) is 10.7. The van der Waals surface area contributed by atoms with Gasteiger partial charge in [0.15, 0.2) is 5.82 Å². The molecule has 1 unspecified atom stereocenters. The highest BCUT2D eigenvalue weighted by Crippen LogP contribution is 2.20. The van der Waals surface area contributed by atoms with E-state index in [1.165, 1.54) is 6.42 Å². The number of tetrazole rings is 1. The van der Waals surface area contributed by atoms with Crippen molar-refractivity contribution in [2.45, 2.75) is 31.9 Å². The Balaban J connectivity index is 1.81. The molecule has 2 N–H and O–H groups in total. The van der Waals surface area contributed by atoms with Crippen molar-refractivity contribution in [3.63, 3.8) is 0 Å². The van der Waals surface area contributed by atoms with Crippen LogP contribution in [0.3, 0.4) is 0 Å². The maximum absolute atomic E-state index is 5.80. The maximum Gasteiger partial charge on any atom is 0.182 e. The van der Waals surface area contributed by atoms with Gasteiger partial charge in [-0.1, -0.05) is 12.1 Å². The molecule has 0 aliphatic carbocycles. The lowest BCUT2D eigenvalue weighted by Crippen LogP contribution is -2.25. The molecule has 0 radical (unpaired) electrons. The first-order valence-corrected chi connectivity index (χ1v) is 6.56. The van der Waals surface area contributed by atoms with Crippen molar-refractivity contribution in [3.8, 4) is 11.4 Å². The Bertz CT molecular complexity index is 547. The van der Waals surface area contributed by atoms with E-state index in [4.69, 9.17) is 10.5 Å². The first kappa shape index (κ1) is 12.1. The predicted octanol–water partition coefficient (Wildman–Crippen LogP) is 1.49. The summed E-state index contributed by atoms with van der Waals surface area (Å²) >= 11 is 0. The topological polar surface area (TPSA) is 78.9 Å². The van der Waals surface area contributed by atoms with Crippen LogP contribution in [0, 0.1) is 0 Å². The van der Waals surface area contributed by atoms with E-state index in [1.54, 1.807) is 4.68 Å². The molecule has 1 aromatic carbocycles. The lowest BCUT2D eigenvalue weighted by Gasteiger charge is -2.22. The Morgan fingerprint density at radius 1 is 1.37 bits per heavy atom. The number of nitrogen functional groups attached to an aromatic ring is 1. The molecule has 6 heteroatoms. The van der Waals surface area contributed by atoms with Gasteiger partial charge < -0.3 is 10.5 Å². The lowest BCUT2D eigenvalue weighted by molar-refractivity contribution is 0.00397. The van der Waals surface area contributed by atoms with Gasteiger partial charge in [-0.05, 0) is 41.8 Å². The van der Waals surface area contributed by atoms with Gasteiger partial charge in [-0.15, -0.1) is 5.10 Å². The molecule has 0 bridgehead atoms. The molecule has 6 nitrogen and oxygen atoms in total.